The Kier molecular flexibility index (Phi) is 7.48. The summed E-state index contributed by atoms with van der Waals surface area (Å²) >= 11 is 0. The van der Waals surface area contributed by atoms with E-state index in [1.807, 2.05) is 27.7 Å². The van der Waals surface area contributed by atoms with Crippen LogP contribution in [0.5, 0.6) is 0 Å². The lowest BCUT2D eigenvalue weighted by molar-refractivity contribution is -0.124. The van der Waals surface area contributed by atoms with E-state index in [0.29, 0.717) is 12.5 Å². The Labute approximate surface area is 112 Å². The van der Waals surface area contributed by atoms with E-state index < -0.39 is 0 Å². The van der Waals surface area contributed by atoms with Crippen molar-refractivity contribution in [3.63, 3.8) is 0 Å². The van der Waals surface area contributed by atoms with Gasteiger partial charge in [-0.1, -0.05) is 20.8 Å². The molecular formula is C14H30N2O2. The highest BCUT2D eigenvalue weighted by atomic mass is 16.3. The van der Waals surface area contributed by atoms with Crippen molar-refractivity contribution in [3.8, 4) is 0 Å². The molecule has 0 aromatic heterocycles. The summed E-state index contributed by atoms with van der Waals surface area (Å²) in [5, 5.41) is 15.8. The number of hydrogen-bond donors (Lipinski definition) is 3. The minimum Gasteiger partial charge on any atom is -0.392 e. The first-order valence-electron chi connectivity index (χ1n) is 6.91. The van der Waals surface area contributed by atoms with Crippen LogP contribution in [0.2, 0.25) is 0 Å². The van der Waals surface area contributed by atoms with E-state index >= 15 is 0 Å². The largest absolute Gasteiger partial charge is 0.392 e. The molecule has 4 nitrogen and oxygen atoms in total. The maximum atomic E-state index is 11.9. The van der Waals surface area contributed by atoms with Crippen molar-refractivity contribution in [3.05, 3.63) is 0 Å². The van der Waals surface area contributed by atoms with Gasteiger partial charge < -0.3 is 15.7 Å². The highest BCUT2D eigenvalue weighted by Crippen LogP contribution is 2.07. The van der Waals surface area contributed by atoms with Crippen molar-refractivity contribution in [2.45, 2.75) is 72.1 Å². The van der Waals surface area contributed by atoms with Crippen LogP contribution in [-0.4, -0.2) is 35.2 Å². The summed E-state index contributed by atoms with van der Waals surface area (Å²) in [6.45, 7) is 12.5. The fourth-order valence-corrected chi connectivity index (χ4v) is 1.56. The zero-order valence-corrected chi connectivity index (χ0v) is 12.7. The minimum atomic E-state index is -0.389. The van der Waals surface area contributed by atoms with E-state index in [9.17, 15) is 9.90 Å². The van der Waals surface area contributed by atoms with Crippen LogP contribution in [0.15, 0.2) is 0 Å². The van der Waals surface area contributed by atoms with Crippen molar-refractivity contribution in [1.82, 2.24) is 10.6 Å². The van der Waals surface area contributed by atoms with Gasteiger partial charge in [0.2, 0.25) is 5.91 Å². The van der Waals surface area contributed by atoms with Crippen LogP contribution >= 0.6 is 0 Å². The molecule has 0 heterocycles. The quantitative estimate of drug-likeness (QED) is 0.621. The second-order valence-electron chi connectivity index (χ2n) is 6.14. The number of hydrogen-bond acceptors (Lipinski definition) is 3. The third-order valence-electron chi connectivity index (χ3n) is 3.14. The van der Waals surface area contributed by atoms with Gasteiger partial charge in [-0.25, -0.2) is 0 Å². The van der Waals surface area contributed by atoms with Crippen molar-refractivity contribution in [1.29, 1.82) is 0 Å². The van der Waals surface area contributed by atoms with Crippen LogP contribution in [0.25, 0.3) is 0 Å². The van der Waals surface area contributed by atoms with E-state index in [-0.39, 0.29) is 23.6 Å². The van der Waals surface area contributed by atoms with Crippen molar-refractivity contribution in [2.24, 2.45) is 5.92 Å². The molecule has 0 fully saturated rings. The summed E-state index contributed by atoms with van der Waals surface area (Å²) in [7, 11) is 0. The minimum absolute atomic E-state index is 0.0152. The molecule has 0 aromatic carbocycles. The molecule has 4 heteroatoms. The lowest BCUT2D eigenvalue weighted by Gasteiger charge is -2.27. The third kappa shape index (κ3) is 7.67. The predicted molar refractivity (Wildman–Crippen MR) is 75.4 cm³/mol. The van der Waals surface area contributed by atoms with Gasteiger partial charge in [0.1, 0.15) is 0 Å². The molecule has 0 aromatic rings. The van der Waals surface area contributed by atoms with Gasteiger partial charge in [-0.2, -0.15) is 0 Å². The molecule has 3 N–H and O–H groups in total. The summed E-state index contributed by atoms with van der Waals surface area (Å²) in [6.07, 6.45) is 1.25. The number of nitrogens with one attached hydrogen (secondary N) is 2. The van der Waals surface area contributed by atoms with Gasteiger partial charge in [0.25, 0.3) is 0 Å². The highest BCUT2D eigenvalue weighted by molar-refractivity contribution is 5.81. The number of rotatable bonds is 8. The monoisotopic (exact) mass is 258 g/mol. The van der Waals surface area contributed by atoms with Crippen molar-refractivity contribution < 1.29 is 9.90 Å². The maximum absolute atomic E-state index is 11.9. The summed E-state index contributed by atoms with van der Waals surface area (Å²) in [4.78, 5) is 11.9. The molecule has 2 atom stereocenters. The van der Waals surface area contributed by atoms with Crippen LogP contribution < -0.4 is 10.6 Å². The normalized spacial score (nSPS) is 15.6. The first-order chi connectivity index (χ1) is 8.18. The van der Waals surface area contributed by atoms with E-state index in [4.69, 9.17) is 0 Å². The predicted octanol–water partition coefficient (Wildman–Crippen LogP) is 1.68. The number of carbonyl (C=O) groups excluding carboxylic acids is 1. The molecule has 0 bridgehead atoms. The number of aliphatic hydroxyl groups excluding tert-OH is 1. The zero-order valence-electron chi connectivity index (χ0n) is 12.7. The standard InChI is InChI=1S/C14H30N2O2/c1-7-14(5,6)16-13(18)11(4)15-9-12(17)8-10(2)3/h10-12,15,17H,7-9H2,1-6H3,(H,16,18). The third-order valence-corrected chi connectivity index (χ3v) is 3.14. The molecule has 2 unspecified atom stereocenters. The molecule has 0 rings (SSSR count). The Balaban J connectivity index is 4.02. The van der Waals surface area contributed by atoms with Gasteiger partial charge in [-0.05, 0) is 39.5 Å². The zero-order chi connectivity index (χ0) is 14.3. The Hall–Kier alpha value is -0.610. The Morgan fingerprint density at radius 3 is 2.28 bits per heavy atom. The summed E-state index contributed by atoms with van der Waals surface area (Å²) in [5.74, 6) is 0.448. The van der Waals surface area contributed by atoms with E-state index in [1.54, 1.807) is 0 Å². The first kappa shape index (κ1) is 17.4. The van der Waals surface area contributed by atoms with Crippen LogP contribution in [0.4, 0.5) is 0 Å². The topological polar surface area (TPSA) is 61.4 Å². The highest BCUT2D eigenvalue weighted by Gasteiger charge is 2.21. The lowest BCUT2D eigenvalue weighted by atomic mass is 10.0. The van der Waals surface area contributed by atoms with Crippen LogP contribution in [0, 0.1) is 5.92 Å². The van der Waals surface area contributed by atoms with Crippen LogP contribution in [0.3, 0.4) is 0 Å². The van der Waals surface area contributed by atoms with Gasteiger partial charge in [0.05, 0.1) is 12.1 Å². The average molecular weight is 258 g/mol. The average Bonchev–Trinajstić information content (AvgIpc) is 2.24. The molecule has 0 aliphatic carbocycles. The second kappa shape index (κ2) is 7.74. The van der Waals surface area contributed by atoms with E-state index in [0.717, 1.165) is 12.8 Å². The molecular weight excluding hydrogens is 228 g/mol. The Bertz CT molecular complexity index is 252. The number of amides is 1. The van der Waals surface area contributed by atoms with Crippen molar-refractivity contribution >= 4 is 5.91 Å². The summed E-state index contributed by atoms with van der Waals surface area (Å²) in [6, 6.07) is -0.280. The van der Waals surface area contributed by atoms with Gasteiger partial charge >= 0.3 is 0 Å². The fourth-order valence-electron chi connectivity index (χ4n) is 1.56. The molecule has 0 saturated heterocycles. The van der Waals surface area contributed by atoms with Crippen LogP contribution in [0.1, 0.15) is 54.4 Å². The van der Waals surface area contributed by atoms with Crippen LogP contribution in [-0.2, 0) is 4.79 Å². The molecule has 18 heavy (non-hydrogen) atoms. The molecule has 1 amide bonds. The van der Waals surface area contributed by atoms with E-state index in [2.05, 4.69) is 24.5 Å². The molecule has 108 valence electrons. The second-order valence-corrected chi connectivity index (χ2v) is 6.14. The van der Waals surface area contributed by atoms with Gasteiger partial charge in [0.15, 0.2) is 0 Å². The van der Waals surface area contributed by atoms with E-state index in [1.165, 1.54) is 0 Å². The van der Waals surface area contributed by atoms with Gasteiger partial charge in [-0.15, -0.1) is 0 Å². The lowest BCUT2D eigenvalue weighted by Crippen LogP contribution is -2.51. The van der Waals surface area contributed by atoms with Crippen molar-refractivity contribution in [2.75, 3.05) is 6.54 Å². The maximum Gasteiger partial charge on any atom is 0.237 e. The molecule has 0 aliphatic heterocycles. The van der Waals surface area contributed by atoms with Gasteiger partial charge in [0, 0.05) is 12.1 Å². The SMILES string of the molecule is CCC(C)(C)NC(=O)C(C)NCC(O)CC(C)C. The molecule has 0 aliphatic rings. The number of aliphatic hydroxyl groups is 1. The molecule has 0 saturated carbocycles. The smallest absolute Gasteiger partial charge is 0.237 e. The molecule has 0 spiro atoms. The fraction of sp³-hybridized carbons (Fsp3) is 0.929. The van der Waals surface area contributed by atoms with Gasteiger partial charge in [-0.3, -0.25) is 4.79 Å². The Morgan fingerprint density at radius 2 is 1.83 bits per heavy atom. The Morgan fingerprint density at radius 1 is 1.28 bits per heavy atom. The summed E-state index contributed by atoms with van der Waals surface area (Å²) < 4.78 is 0. The number of carbonyl (C=O) groups is 1. The molecule has 0 radical (unpaired) electrons. The summed E-state index contributed by atoms with van der Waals surface area (Å²) in [5.41, 5.74) is -0.177. The first-order valence-corrected chi connectivity index (χ1v) is 6.91.